The van der Waals surface area contributed by atoms with Crippen LogP contribution in [0.15, 0.2) is 24.3 Å². The molecular weight excluding hydrogens is 267 g/mol. The van der Waals surface area contributed by atoms with E-state index >= 15 is 0 Å². The molecule has 1 rings (SSSR count). The second-order valence-electron chi connectivity index (χ2n) is 2.49. The van der Waals surface area contributed by atoms with Crippen molar-refractivity contribution in [2.24, 2.45) is 0 Å². The third kappa shape index (κ3) is 3.02. The first-order chi connectivity index (χ1) is 6.63. The summed E-state index contributed by atoms with van der Waals surface area (Å²) in [5.74, 6) is -0.408. The first-order valence-electron chi connectivity index (χ1n) is 3.73. The van der Waals surface area contributed by atoms with Gasteiger partial charge in [-0.3, -0.25) is 4.79 Å². The SMILES string of the molecule is N#CC(Br)C(=O)Nc1cccc(Cl)c1. The van der Waals surface area contributed by atoms with E-state index in [2.05, 4.69) is 21.2 Å². The Bertz CT molecular complexity index is 389. The largest absolute Gasteiger partial charge is 0.324 e. The lowest BCUT2D eigenvalue weighted by atomic mass is 10.3. The Morgan fingerprint density at radius 1 is 1.64 bits per heavy atom. The van der Waals surface area contributed by atoms with E-state index in [4.69, 9.17) is 16.9 Å². The predicted molar refractivity (Wildman–Crippen MR) is 58.4 cm³/mol. The number of nitrogens with one attached hydrogen (secondary N) is 1. The van der Waals surface area contributed by atoms with Crippen molar-refractivity contribution in [3.63, 3.8) is 0 Å². The maximum Gasteiger partial charge on any atom is 0.252 e. The van der Waals surface area contributed by atoms with Gasteiger partial charge in [0.05, 0.1) is 6.07 Å². The number of carbonyl (C=O) groups is 1. The monoisotopic (exact) mass is 272 g/mol. The van der Waals surface area contributed by atoms with Crippen LogP contribution in [0, 0.1) is 11.3 Å². The summed E-state index contributed by atoms with van der Waals surface area (Å²) in [6.07, 6.45) is 0. The number of hydrogen-bond acceptors (Lipinski definition) is 2. The smallest absolute Gasteiger partial charge is 0.252 e. The van der Waals surface area contributed by atoms with Crippen LogP contribution in [-0.2, 0) is 4.79 Å². The average molecular weight is 274 g/mol. The van der Waals surface area contributed by atoms with Gasteiger partial charge in [-0.1, -0.05) is 33.6 Å². The molecule has 0 aliphatic carbocycles. The standard InChI is InChI=1S/C9H6BrClN2O/c10-8(5-12)9(14)13-7-3-1-2-6(11)4-7/h1-4,8H,(H,13,14). The molecule has 0 fully saturated rings. The van der Waals surface area contributed by atoms with Gasteiger partial charge in [-0.15, -0.1) is 0 Å². The fourth-order valence-electron chi connectivity index (χ4n) is 0.830. The first-order valence-corrected chi connectivity index (χ1v) is 5.03. The Kier molecular flexibility index (Phi) is 3.93. The predicted octanol–water partition coefficient (Wildman–Crippen LogP) is 2.57. The Morgan fingerprint density at radius 3 is 2.93 bits per heavy atom. The van der Waals surface area contributed by atoms with E-state index in [-0.39, 0.29) is 0 Å². The highest BCUT2D eigenvalue weighted by Gasteiger charge is 2.13. The minimum Gasteiger partial charge on any atom is -0.324 e. The van der Waals surface area contributed by atoms with Gasteiger partial charge < -0.3 is 5.32 Å². The molecule has 72 valence electrons. The van der Waals surface area contributed by atoms with Crippen LogP contribution in [0.2, 0.25) is 5.02 Å². The number of nitrogens with zero attached hydrogens (tertiary/aromatic N) is 1. The molecule has 0 radical (unpaired) electrons. The summed E-state index contributed by atoms with van der Waals surface area (Å²) in [5.41, 5.74) is 0.571. The van der Waals surface area contributed by atoms with Crippen molar-refractivity contribution in [1.82, 2.24) is 0 Å². The number of alkyl halides is 1. The Morgan fingerprint density at radius 2 is 2.36 bits per heavy atom. The molecule has 1 unspecified atom stereocenters. The Labute approximate surface area is 94.8 Å². The number of anilines is 1. The molecular formula is C9H6BrClN2O. The van der Waals surface area contributed by atoms with Gasteiger partial charge in [0.1, 0.15) is 0 Å². The van der Waals surface area contributed by atoms with Gasteiger partial charge in [0, 0.05) is 10.7 Å². The lowest BCUT2D eigenvalue weighted by Gasteiger charge is -2.04. The molecule has 0 aromatic heterocycles. The molecule has 1 atom stereocenters. The molecule has 0 aliphatic rings. The Balaban J connectivity index is 2.71. The van der Waals surface area contributed by atoms with Gasteiger partial charge in [-0.25, -0.2) is 0 Å². The molecule has 0 saturated heterocycles. The molecule has 1 aromatic rings. The number of halogens is 2. The molecule has 1 amide bonds. The third-order valence-electron chi connectivity index (χ3n) is 1.44. The highest BCUT2D eigenvalue weighted by Crippen LogP contribution is 2.15. The Hall–Kier alpha value is -1.05. The molecule has 5 heteroatoms. The topological polar surface area (TPSA) is 52.9 Å². The van der Waals surface area contributed by atoms with E-state index in [9.17, 15) is 4.79 Å². The summed E-state index contributed by atoms with van der Waals surface area (Å²) in [6, 6.07) is 8.49. The van der Waals surface area contributed by atoms with Gasteiger partial charge in [0.25, 0.3) is 5.91 Å². The van der Waals surface area contributed by atoms with Crippen LogP contribution in [0.1, 0.15) is 0 Å². The molecule has 0 aliphatic heterocycles. The summed E-state index contributed by atoms with van der Waals surface area (Å²) in [7, 11) is 0. The summed E-state index contributed by atoms with van der Waals surface area (Å²) >= 11 is 8.63. The summed E-state index contributed by atoms with van der Waals surface area (Å²) in [5, 5.41) is 11.5. The molecule has 3 nitrogen and oxygen atoms in total. The van der Waals surface area contributed by atoms with Crippen LogP contribution in [0.5, 0.6) is 0 Å². The van der Waals surface area contributed by atoms with Crippen LogP contribution >= 0.6 is 27.5 Å². The van der Waals surface area contributed by atoms with Crippen LogP contribution in [0.3, 0.4) is 0 Å². The first kappa shape index (κ1) is 11.0. The van der Waals surface area contributed by atoms with Gasteiger partial charge >= 0.3 is 0 Å². The van der Waals surface area contributed by atoms with Gasteiger partial charge in [0.2, 0.25) is 0 Å². The zero-order valence-electron chi connectivity index (χ0n) is 7.00. The lowest BCUT2D eigenvalue weighted by molar-refractivity contribution is -0.114. The van der Waals surface area contributed by atoms with E-state index in [0.717, 1.165) is 0 Å². The van der Waals surface area contributed by atoms with Crippen molar-refractivity contribution in [2.45, 2.75) is 4.83 Å². The van der Waals surface area contributed by atoms with Crippen molar-refractivity contribution in [2.75, 3.05) is 5.32 Å². The van der Waals surface area contributed by atoms with Crippen molar-refractivity contribution in [1.29, 1.82) is 5.26 Å². The number of hydrogen-bond donors (Lipinski definition) is 1. The molecule has 1 N–H and O–H groups in total. The number of amides is 1. The quantitative estimate of drug-likeness (QED) is 0.842. The molecule has 14 heavy (non-hydrogen) atoms. The van der Waals surface area contributed by atoms with Crippen LogP contribution in [0.25, 0.3) is 0 Å². The van der Waals surface area contributed by atoms with E-state index in [1.54, 1.807) is 30.3 Å². The minimum atomic E-state index is -0.846. The van der Waals surface area contributed by atoms with E-state index < -0.39 is 10.7 Å². The van der Waals surface area contributed by atoms with Crippen molar-refractivity contribution in [3.05, 3.63) is 29.3 Å². The van der Waals surface area contributed by atoms with Gasteiger partial charge in [-0.2, -0.15) is 5.26 Å². The summed E-state index contributed by atoms with van der Waals surface area (Å²) < 4.78 is 0. The molecule has 0 saturated carbocycles. The highest BCUT2D eigenvalue weighted by molar-refractivity contribution is 9.10. The van der Waals surface area contributed by atoms with E-state index in [0.29, 0.717) is 10.7 Å². The third-order valence-corrected chi connectivity index (χ3v) is 2.29. The number of benzene rings is 1. The molecule has 0 bridgehead atoms. The van der Waals surface area contributed by atoms with Crippen molar-refractivity contribution >= 4 is 39.1 Å². The van der Waals surface area contributed by atoms with E-state index in [1.165, 1.54) is 0 Å². The van der Waals surface area contributed by atoms with Gasteiger partial charge in [-0.05, 0) is 18.2 Å². The van der Waals surface area contributed by atoms with Crippen molar-refractivity contribution in [3.8, 4) is 6.07 Å². The second kappa shape index (κ2) is 4.99. The number of rotatable bonds is 2. The number of carbonyl (C=O) groups excluding carboxylic acids is 1. The molecule has 0 heterocycles. The van der Waals surface area contributed by atoms with E-state index in [1.807, 2.05) is 0 Å². The lowest BCUT2D eigenvalue weighted by Crippen LogP contribution is -2.21. The fraction of sp³-hybridized carbons (Fsp3) is 0.111. The van der Waals surface area contributed by atoms with Crippen LogP contribution in [0.4, 0.5) is 5.69 Å². The second-order valence-corrected chi connectivity index (χ2v) is 3.84. The van der Waals surface area contributed by atoms with Gasteiger partial charge in [0.15, 0.2) is 4.83 Å². The highest BCUT2D eigenvalue weighted by atomic mass is 79.9. The average Bonchev–Trinajstić information content (AvgIpc) is 2.16. The van der Waals surface area contributed by atoms with Crippen LogP contribution in [-0.4, -0.2) is 10.7 Å². The minimum absolute atomic E-state index is 0.408. The normalized spacial score (nSPS) is 11.5. The zero-order valence-corrected chi connectivity index (χ0v) is 9.34. The summed E-state index contributed by atoms with van der Waals surface area (Å²) in [6.45, 7) is 0. The maximum absolute atomic E-state index is 11.2. The number of nitriles is 1. The summed E-state index contributed by atoms with van der Waals surface area (Å²) in [4.78, 5) is 10.4. The van der Waals surface area contributed by atoms with Crippen LogP contribution < -0.4 is 5.32 Å². The fourth-order valence-corrected chi connectivity index (χ4v) is 1.14. The molecule has 1 aromatic carbocycles. The van der Waals surface area contributed by atoms with Crippen molar-refractivity contribution < 1.29 is 4.79 Å². The zero-order chi connectivity index (χ0) is 10.6. The maximum atomic E-state index is 11.2. The molecule has 0 spiro atoms.